The maximum Gasteiger partial charge on any atom is 0.153 e. The molecule has 25 heavy (non-hydrogen) atoms. The van der Waals surface area contributed by atoms with Crippen molar-refractivity contribution in [2.24, 2.45) is 0 Å². The van der Waals surface area contributed by atoms with Crippen LogP contribution in [-0.2, 0) is 0 Å². The van der Waals surface area contributed by atoms with Crippen molar-refractivity contribution >= 4 is 17.3 Å². The van der Waals surface area contributed by atoms with Crippen LogP contribution in [0.25, 0.3) is 5.65 Å². The Morgan fingerprint density at radius 3 is 2.60 bits per heavy atom. The smallest absolute Gasteiger partial charge is 0.153 e. The van der Waals surface area contributed by atoms with Crippen LogP contribution in [0, 0.1) is 25.2 Å². The van der Waals surface area contributed by atoms with E-state index in [2.05, 4.69) is 30.9 Å². The minimum atomic E-state index is 0.678. The van der Waals surface area contributed by atoms with Crippen LogP contribution in [0.5, 0.6) is 0 Å². The molecule has 1 aliphatic rings. The SMILES string of the molecule is Cc1cc(C)c(C#N)c(N2CCN(c3ccc4nccn4n3)CC2)n1. The Hall–Kier alpha value is -3.14. The second-order valence-corrected chi connectivity index (χ2v) is 6.29. The Morgan fingerprint density at radius 1 is 1.08 bits per heavy atom. The molecule has 3 aromatic heterocycles. The van der Waals surface area contributed by atoms with Crippen LogP contribution < -0.4 is 9.80 Å². The van der Waals surface area contributed by atoms with E-state index in [1.807, 2.05) is 38.2 Å². The van der Waals surface area contributed by atoms with E-state index in [9.17, 15) is 5.26 Å². The van der Waals surface area contributed by atoms with E-state index in [1.165, 1.54) is 0 Å². The van der Waals surface area contributed by atoms with Crippen LogP contribution in [0.15, 0.2) is 30.6 Å². The van der Waals surface area contributed by atoms with Gasteiger partial charge in [0.05, 0.1) is 5.56 Å². The Balaban J connectivity index is 1.54. The second-order valence-electron chi connectivity index (χ2n) is 6.29. The third-order valence-corrected chi connectivity index (χ3v) is 4.58. The van der Waals surface area contributed by atoms with Gasteiger partial charge in [0.1, 0.15) is 17.7 Å². The highest BCUT2D eigenvalue weighted by molar-refractivity contribution is 5.59. The normalized spacial score (nSPS) is 14.8. The first-order valence-corrected chi connectivity index (χ1v) is 8.34. The van der Waals surface area contributed by atoms with Crippen molar-refractivity contribution in [2.75, 3.05) is 36.0 Å². The topological polar surface area (TPSA) is 73.4 Å². The number of nitrogens with zero attached hydrogens (tertiary/aromatic N) is 7. The molecule has 7 heteroatoms. The van der Waals surface area contributed by atoms with Gasteiger partial charge in [0.25, 0.3) is 0 Å². The first-order chi connectivity index (χ1) is 12.2. The molecule has 1 fully saturated rings. The van der Waals surface area contributed by atoms with Crippen molar-refractivity contribution in [3.8, 4) is 6.07 Å². The molecule has 0 spiro atoms. The molecule has 4 rings (SSSR count). The van der Waals surface area contributed by atoms with Gasteiger partial charge in [-0.25, -0.2) is 14.5 Å². The van der Waals surface area contributed by atoms with Gasteiger partial charge in [-0.15, -0.1) is 5.10 Å². The quantitative estimate of drug-likeness (QED) is 0.713. The van der Waals surface area contributed by atoms with Gasteiger partial charge in [0.2, 0.25) is 0 Å². The zero-order valence-electron chi connectivity index (χ0n) is 14.3. The van der Waals surface area contributed by atoms with Gasteiger partial charge in [-0.1, -0.05) is 0 Å². The zero-order chi connectivity index (χ0) is 17.4. The van der Waals surface area contributed by atoms with E-state index in [-0.39, 0.29) is 0 Å². The van der Waals surface area contributed by atoms with Gasteiger partial charge in [-0.2, -0.15) is 5.26 Å². The van der Waals surface area contributed by atoms with Gasteiger partial charge >= 0.3 is 0 Å². The maximum atomic E-state index is 9.49. The molecule has 0 atom stereocenters. The highest BCUT2D eigenvalue weighted by atomic mass is 15.4. The molecule has 126 valence electrons. The van der Waals surface area contributed by atoms with E-state index in [1.54, 1.807) is 10.7 Å². The second kappa shape index (κ2) is 6.06. The number of anilines is 2. The van der Waals surface area contributed by atoms with Crippen molar-refractivity contribution in [1.29, 1.82) is 5.26 Å². The summed E-state index contributed by atoms with van der Waals surface area (Å²) in [6.45, 7) is 7.25. The van der Waals surface area contributed by atoms with Crippen LogP contribution in [-0.4, -0.2) is 45.8 Å². The molecule has 0 aliphatic carbocycles. The van der Waals surface area contributed by atoms with Crippen molar-refractivity contribution in [2.45, 2.75) is 13.8 Å². The van der Waals surface area contributed by atoms with E-state index < -0.39 is 0 Å². The molecular formula is C18H19N7. The molecule has 1 aliphatic heterocycles. The number of piperazine rings is 1. The van der Waals surface area contributed by atoms with Gasteiger partial charge < -0.3 is 9.80 Å². The first kappa shape index (κ1) is 15.4. The maximum absolute atomic E-state index is 9.49. The molecule has 0 N–H and O–H groups in total. The van der Waals surface area contributed by atoms with Gasteiger partial charge in [-0.05, 0) is 37.6 Å². The number of pyridine rings is 1. The minimum absolute atomic E-state index is 0.678. The summed E-state index contributed by atoms with van der Waals surface area (Å²) in [5, 5.41) is 14.1. The zero-order valence-corrected chi connectivity index (χ0v) is 14.3. The van der Waals surface area contributed by atoms with Crippen molar-refractivity contribution in [1.82, 2.24) is 19.6 Å². The van der Waals surface area contributed by atoms with Crippen LogP contribution in [0.2, 0.25) is 0 Å². The molecule has 3 aromatic rings. The van der Waals surface area contributed by atoms with E-state index in [0.717, 1.165) is 54.7 Å². The Labute approximate surface area is 146 Å². The molecule has 0 saturated carbocycles. The fraction of sp³-hybridized carbons (Fsp3) is 0.333. The lowest BCUT2D eigenvalue weighted by Crippen LogP contribution is -2.47. The molecule has 0 aromatic carbocycles. The Kier molecular flexibility index (Phi) is 3.73. The van der Waals surface area contributed by atoms with Crippen LogP contribution in [0.1, 0.15) is 16.8 Å². The summed E-state index contributed by atoms with van der Waals surface area (Å²) in [4.78, 5) is 13.3. The molecule has 1 saturated heterocycles. The van der Waals surface area contributed by atoms with E-state index >= 15 is 0 Å². The minimum Gasteiger partial charge on any atom is -0.352 e. The molecule has 4 heterocycles. The number of aromatic nitrogens is 4. The Bertz CT molecular complexity index is 961. The summed E-state index contributed by atoms with van der Waals surface area (Å²) in [7, 11) is 0. The third-order valence-electron chi connectivity index (χ3n) is 4.58. The average molecular weight is 333 g/mol. The predicted octanol–water partition coefficient (Wildman–Crippen LogP) is 1.94. The number of imidazole rings is 1. The summed E-state index contributed by atoms with van der Waals surface area (Å²) >= 11 is 0. The van der Waals surface area contributed by atoms with Crippen LogP contribution >= 0.6 is 0 Å². The lowest BCUT2D eigenvalue weighted by atomic mass is 10.1. The number of fused-ring (bicyclic) bond motifs is 1. The Morgan fingerprint density at radius 2 is 1.84 bits per heavy atom. The molecule has 0 unspecified atom stereocenters. The standard InChI is InChI=1S/C18H19N7/c1-13-11-14(2)21-18(15(13)12-19)24-9-7-23(8-10-24)17-4-3-16-20-5-6-25(16)22-17/h3-6,11H,7-10H2,1-2H3. The van der Waals surface area contributed by atoms with Crippen molar-refractivity contribution in [3.63, 3.8) is 0 Å². The molecule has 0 bridgehead atoms. The monoisotopic (exact) mass is 333 g/mol. The summed E-state index contributed by atoms with van der Waals surface area (Å²) in [6, 6.07) is 8.26. The van der Waals surface area contributed by atoms with Gasteiger partial charge in [0, 0.05) is 44.3 Å². The van der Waals surface area contributed by atoms with Crippen molar-refractivity contribution in [3.05, 3.63) is 47.4 Å². The lowest BCUT2D eigenvalue weighted by molar-refractivity contribution is 0.635. The number of nitriles is 1. The van der Waals surface area contributed by atoms with Crippen molar-refractivity contribution < 1.29 is 0 Å². The fourth-order valence-electron chi connectivity index (χ4n) is 3.31. The third kappa shape index (κ3) is 2.76. The summed E-state index contributed by atoms with van der Waals surface area (Å²) in [5.41, 5.74) is 3.46. The van der Waals surface area contributed by atoms with E-state index in [0.29, 0.717) is 5.56 Å². The highest BCUT2D eigenvalue weighted by Gasteiger charge is 2.22. The van der Waals surface area contributed by atoms with Gasteiger partial charge in [-0.3, -0.25) is 0 Å². The molecule has 0 radical (unpaired) electrons. The largest absolute Gasteiger partial charge is 0.352 e. The summed E-state index contributed by atoms with van der Waals surface area (Å²) in [6.07, 6.45) is 3.60. The fourth-order valence-corrected chi connectivity index (χ4v) is 3.31. The summed E-state index contributed by atoms with van der Waals surface area (Å²) < 4.78 is 1.79. The van der Waals surface area contributed by atoms with E-state index in [4.69, 9.17) is 0 Å². The lowest BCUT2D eigenvalue weighted by Gasteiger charge is -2.36. The number of hydrogen-bond donors (Lipinski definition) is 0. The first-order valence-electron chi connectivity index (χ1n) is 8.34. The van der Waals surface area contributed by atoms with Crippen LogP contribution in [0.4, 0.5) is 11.6 Å². The molecule has 0 amide bonds. The summed E-state index contributed by atoms with van der Waals surface area (Å²) in [5.74, 6) is 1.75. The number of aryl methyl sites for hydroxylation is 2. The number of rotatable bonds is 2. The molecular weight excluding hydrogens is 314 g/mol. The highest BCUT2D eigenvalue weighted by Crippen LogP contribution is 2.24. The van der Waals surface area contributed by atoms with Gasteiger partial charge in [0.15, 0.2) is 5.65 Å². The number of hydrogen-bond acceptors (Lipinski definition) is 6. The average Bonchev–Trinajstić information content (AvgIpc) is 3.09. The van der Waals surface area contributed by atoms with Crippen LogP contribution in [0.3, 0.4) is 0 Å². The predicted molar refractivity (Wildman–Crippen MR) is 95.8 cm³/mol. The molecule has 7 nitrogen and oxygen atoms in total.